The Morgan fingerprint density at radius 3 is 2.64 bits per heavy atom. The number of methoxy groups -OCH3 is 2. The van der Waals surface area contributed by atoms with Crippen LogP contribution >= 0.6 is 0 Å². The number of amides is 1. The van der Waals surface area contributed by atoms with Crippen LogP contribution in [-0.2, 0) is 16.1 Å². The molecule has 1 aromatic carbocycles. The highest BCUT2D eigenvalue weighted by Crippen LogP contribution is 2.33. The van der Waals surface area contributed by atoms with Crippen LogP contribution in [0.5, 0.6) is 5.75 Å². The standard InChI is InChI=1S/C21H28N2O5/c1-5-8-22-13(2)20(17-11-15(27-3)6-7-18(17)22)21(26)23-12-16(28-4)9-14(23)10-19(24)25/h6-7,11,14,16H,5,8-10,12H2,1-4H3,(H,24,25). The van der Waals surface area contributed by atoms with Crippen molar-refractivity contribution in [3.8, 4) is 5.75 Å². The van der Waals surface area contributed by atoms with Gasteiger partial charge in [-0.2, -0.15) is 0 Å². The Balaban J connectivity index is 2.09. The van der Waals surface area contributed by atoms with Gasteiger partial charge >= 0.3 is 5.97 Å². The Morgan fingerprint density at radius 2 is 2.04 bits per heavy atom. The average molecular weight is 388 g/mol. The van der Waals surface area contributed by atoms with Crippen LogP contribution in [0.15, 0.2) is 18.2 Å². The van der Waals surface area contributed by atoms with E-state index >= 15 is 0 Å². The molecule has 7 nitrogen and oxygen atoms in total. The third-order valence-electron chi connectivity index (χ3n) is 5.57. The van der Waals surface area contributed by atoms with Gasteiger partial charge in [0.1, 0.15) is 5.75 Å². The van der Waals surface area contributed by atoms with Gasteiger partial charge < -0.3 is 24.0 Å². The van der Waals surface area contributed by atoms with E-state index in [0.29, 0.717) is 24.3 Å². The molecule has 0 spiro atoms. The molecule has 2 unspecified atom stereocenters. The largest absolute Gasteiger partial charge is 0.497 e. The van der Waals surface area contributed by atoms with Gasteiger partial charge in [0, 0.05) is 42.8 Å². The van der Waals surface area contributed by atoms with Crippen LogP contribution in [0.4, 0.5) is 0 Å². The lowest BCUT2D eigenvalue weighted by Crippen LogP contribution is -2.37. The number of nitrogens with zero attached hydrogens (tertiary/aromatic N) is 2. The smallest absolute Gasteiger partial charge is 0.305 e. The molecule has 1 aliphatic rings. The van der Waals surface area contributed by atoms with Crippen molar-refractivity contribution in [2.45, 2.75) is 51.8 Å². The van der Waals surface area contributed by atoms with E-state index in [2.05, 4.69) is 11.5 Å². The number of carbonyl (C=O) groups is 2. The summed E-state index contributed by atoms with van der Waals surface area (Å²) < 4.78 is 12.9. The summed E-state index contributed by atoms with van der Waals surface area (Å²) in [5.41, 5.74) is 2.50. The highest BCUT2D eigenvalue weighted by molar-refractivity contribution is 6.09. The van der Waals surface area contributed by atoms with Crippen molar-refractivity contribution in [3.05, 3.63) is 29.5 Å². The SMILES string of the molecule is CCCn1c(C)c(C(=O)N2CC(OC)CC2CC(=O)O)c2cc(OC)ccc21. The minimum Gasteiger partial charge on any atom is -0.497 e. The van der Waals surface area contributed by atoms with Crippen molar-refractivity contribution in [3.63, 3.8) is 0 Å². The molecule has 3 rings (SSSR count). The molecular formula is C21H28N2O5. The van der Waals surface area contributed by atoms with Crippen LogP contribution in [0.1, 0.15) is 42.2 Å². The van der Waals surface area contributed by atoms with E-state index in [-0.39, 0.29) is 24.5 Å². The van der Waals surface area contributed by atoms with Crippen molar-refractivity contribution >= 4 is 22.8 Å². The Bertz CT molecular complexity index is 889. The summed E-state index contributed by atoms with van der Waals surface area (Å²) in [4.78, 5) is 26.5. The van der Waals surface area contributed by atoms with Crippen LogP contribution in [0.25, 0.3) is 10.9 Å². The predicted octanol–water partition coefficient (Wildman–Crippen LogP) is 3.07. The summed E-state index contributed by atoms with van der Waals surface area (Å²) in [5, 5.41) is 10.1. The van der Waals surface area contributed by atoms with E-state index in [9.17, 15) is 14.7 Å². The number of rotatable bonds is 7. The number of carbonyl (C=O) groups excluding carboxylic acids is 1. The number of hydrogen-bond donors (Lipinski definition) is 1. The maximum atomic E-state index is 13.6. The first-order chi connectivity index (χ1) is 13.4. The maximum Gasteiger partial charge on any atom is 0.305 e. The van der Waals surface area contributed by atoms with E-state index in [4.69, 9.17) is 9.47 Å². The number of aryl methyl sites for hydroxylation is 1. The number of fused-ring (bicyclic) bond motifs is 1. The van der Waals surface area contributed by atoms with Crippen molar-refractivity contribution < 1.29 is 24.2 Å². The number of aliphatic carboxylic acids is 1. The van der Waals surface area contributed by atoms with Crippen molar-refractivity contribution in [1.82, 2.24) is 9.47 Å². The first kappa shape index (κ1) is 20.2. The second-order valence-electron chi connectivity index (χ2n) is 7.30. The van der Waals surface area contributed by atoms with Crippen molar-refractivity contribution in [2.75, 3.05) is 20.8 Å². The Morgan fingerprint density at radius 1 is 1.29 bits per heavy atom. The summed E-state index contributed by atoms with van der Waals surface area (Å²) in [5.74, 6) is -0.365. The van der Waals surface area contributed by atoms with Gasteiger partial charge in [-0.25, -0.2) is 0 Å². The zero-order valence-electron chi connectivity index (χ0n) is 16.9. The highest BCUT2D eigenvalue weighted by atomic mass is 16.5. The molecule has 0 bridgehead atoms. The van der Waals surface area contributed by atoms with Crippen LogP contribution in [-0.4, -0.2) is 59.4 Å². The third-order valence-corrected chi connectivity index (χ3v) is 5.57. The Labute approximate surface area is 164 Å². The first-order valence-corrected chi connectivity index (χ1v) is 9.63. The molecular weight excluding hydrogens is 360 g/mol. The number of aromatic nitrogens is 1. The second-order valence-corrected chi connectivity index (χ2v) is 7.30. The zero-order chi connectivity index (χ0) is 20.4. The highest BCUT2D eigenvalue weighted by Gasteiger charge is 2.38. The number of carboxylic acids is 1. The molecule has 2 aromatic rings. The molecule has 152 valence electrons. The van der Waals surface area contributed by atoms with Crippen LogP contribution in [0.3, 0.4) is 0 Å². The number of carboxylic acid groups (broad SMARTS) is 1. The lowest BCUT2D eigenvalue weighted by molar-refractivity contribution is -0.137. The fourth-order valence-electron chi connectivity index (χ4n) is 4.20. The van der Waals surface area contributed by atoms with E-state index in [0.717, 1.165) is 29.6 Å². The zero-order valence-corrected chi connectivity index (χ0v) is 16.9. The minimum absolute atomic E-state index is 0.0818. The van der Waals surface area contributed by atoms with Gasteiger partial charge in [-0.1, -0.05) is 6.92 Å². The molecule has 7 heteroatoms. The molecule has 1 saturated heterocycles. The molecule has 1 aliphatic heterocycles. The monoisotopic (exact) mass is 388 g/mol. The minimum atomic E-state index is -0.911. The van der Waals surface area contributed by atoms with Gasteiger partial charge in [0.25, 0.3) is 5.91 Å². The molecule has 2 heterocycles. The quantitative estimate of drug-likeness (QED) is 0.788. The van der Waals surface area contributed by atoms with Crippen LogP contribution < -0.4 is 4.74 Å². The number of likely N-dealkylation sites (tertiary alicyclic amines) is 1. The third kappa shape index (κ3) is 3.58. The number of benzene rings is 1. The fourth-order valence-corrected chi connectivity index (χ4v) is 4.20. The van der Waals surface area contributed by atoms with Gasteiger partial charge in [0.15, 0.2) is 0 Å². The molecule has 1 N–H and O–H groups in total. The summed E-state index contributed by atoms with van der Waals surface area (Å²) in [6, 6.07) is 5.39. The lowest BCUT2D eigenvalue weighted by atomic mass is 10.1. The topological polar surface area (TPSA) is 81.0 Å². The van der Waals surface area contributed by atoms with Gasteiger partial charge in [-0.15, -0.1) is 0 Å². The molecule has 0 aliphatic carbocycles. The Hall–Kier alpha value is -2.54. The predicted molar refractivity (Wildman–Crippen MR) is 106 cm³/mol. The van der Waals surface area contributed by atoms with Gasteiger partial charge in [-0.3, -0.25) is 9.59 Å². The van der Waals surface area contributed by atoms with Crippen LogP contribution in [0.2, 0.25) is 0 Å². The lowest BCUT2D eigenvalue weighted by Gasteiger charge is -2.23. The summed E-state index contributed by atoms with van der Waals surface area (Å²) in [6.45, 7) is 5.26. The molecule has 2 atom stereocenters. The summed E-state index contributed by atoms with van der Waals surface area (Å²) >= 11 is 0. The van der Waals surface area contributed by atoms with E-state index in [1.54, 1.807) is 19.1 Å². The van der Waals surface area contributed by atoms with E-state index in [1.165, 1.54) is 0 Å². The molecule has 1 fully saturated rings. The average Bonchev–Trinajstić information content (AvgIpc) is 3.19. The normalized spacial score (nSPS) is 19.4. The summed E-state index contributed by atoms with van der Waals surface area (Å²) in [7, 11) is 3.20. The number of hydrogen-bond acceptors (Lipinski definition) is 4. The van der Waals surface area contributed by atoms with Gasteiger partial charge in [0.05, 0.1) is 25.2 Å². The molecule has 1 amide bonds. The molecule has 1 aromatic heterocycles. The second kappa shape index (κ2) is 8.22. The van der Waals surface area contributed by atoms with Crippen LogP contribution in [0, 0.1) is 6.92 Å². The first-order valence-electron chi connectivity index (χ1n) is 9.63. The fraction of sp³-hybridized carbons (Fsp3) is 0.524. The van der Waals surface area contributed by atoms with E-state index in [1.807, 2.05) is 25.1 Å². The van der Waals surface area contributed by atoms with E-state index < -0.39 is 5.97 Å². The Kier molecular flexibility index (Phi) is 5.93. The van der Waals surface area contributed by atoms with Gasteiger partial charge in [-0.05, 0) is 38.0 Å². The summed E-state index contributed by atoms with van der Waals surface area (Å²) in [6.07, 6.45) is 1.25. The maximum absolute atomic E-state index is 13.6. The van der Waals surface area contributed by atoms with Crippen molar-refractivity contribution in [2.24, 2.45) is 0 Å². The molecule has 28 heavy (non-hydrogen) atoms. The molecule has 0 saturated carbocycles. The molecule has 0 radical (unpaired) electrons. The van der Waals surface area contributed by atoms with Crippen molar-refractivity contribution in [1.29, 1.82) is 0 Å². The number of ether oxygens (including phenoxy) is 2. The van der Waals surface area contributed by atoms with Gasteiger partial charge in [0.2, 0.25) is 0 Å².